The van der Waals surface area contributed by atoms with Gasteiger partial charge in [0, 0.05) is 6.21 Å². The smallest absolute Gasteiger partial charge is 0.119 e. The lowest BCUT2D eigenvalue weighted by molar-refractivity contribution is 0.415. The van der Waals surface area contributed by atoms with Gasteiger partial charge in [0.2, 0.25) is 0 Å². The Bertz CT molecular complexity index is 556. The summed E-state index contributed by atoms with van der Waals surface area (Å²) in [5.41, 5.74) is 3.03. The number of hydrogen-bond donors (Lipinski definition) is 0. The molecule has 2 heteroatoms. The van der Waals surface area contributed by atoms with E-state index in [9.17, 15) is 0 Å². The van der Waals surface area contributed by atoms with Gasteiger partial charge in [0.05, 0.1) is 12.8 Å². The van der Waals surface area contributed by atoms with E-state index in [1.807, 2.05) is 60.8 Å². The number of hydrogen-bond acceptors (Lipinski definition) is 2. The first-order valence-electron chi connectivity index (χ1n) is 5.73. The van der Waals surface area contributed by atoms with E-state index in [4.69, 9.17) is 4.74 Å². The Labute approximate surface area is 107 Å². The summed E-state index contributed by atoms with van der Waals surface area (Å²) in [6.07, 6.45) is 3.67. The summed E-state index contributed by atoms with van der Waals surface area (Å²) in [6, 6.07) is 15.6. The second kappa shape index (κ2) is 5.82. The summed E-state index contributed by atoms with van der Waals surface area (Å²) in [5.74, 6) is 0.834. The van der Waals surface area contributed by atoms with Crippen molar-refractivity contribution in [1.82, 2.24) is 0 Å². The van der Waals surface area contributed by atoms with Crippen molar-refractivity contribution in [2.75, 3.05) is 7.11 Å². The molecule has 0 aliphatic heterocycles. The monoisotopic (exact) mass is 237 g/mol. The number of rotatable bonds is 4. The normalized spacial score (nSPS) is 10.5. The Hall–Kier alpha value is -2.35. The summed E-state index contributed by atoms with van der Waals surface area (Å²) in [6.45, 7) is 3.79. The third-order valence-corrected chi connectivity index (χ3v) is 2.64. The molecule has 0 aliphatic carbocycles. The molecule has 2 nitrogen and oxygen atoms in total. The quantitative estimate of drug-likeness (QED) is 0.734. The van der Waals surface area contributed by atoms with E-state index in [-0.39, 0.29) is 0 Å². The predicted octanol–water partition coefficient (Wildman–Crippen LogP) is 4.09. The van der Waals surface area contributed by atoms with Gasteiger partial charge in [-0.05, 0) is 35.4 Å². The molecule has 0 saturated carbocycles. The maximum atomic E-state index is 5.10. The number of benzene rings is 2. The molecular formula is C16H15NO. The minimum absolute atomic E-state index is 0.834. The molecule has 90 valence electrons. The maximum absolute atomic E-state index is 5.10. The van der Waals surface area contributed by atoms with Gasteiger partial charge in [0.15, 0.2) is 0 Å². The Morgan fingerprint density at radius 1 is 1.00 bits per heavy atom. The van der Waals surface area contributed by atoms with Crippen LogP contribution in [0.25, 0.3) is 6.08 Å². The van der Waals surface area contributed by atoms with E-state index in [1.54, 1.807) is 7.11 Å². The Morgan fingerprint density at radius 3 is 2.28 bits per heavy atom. The molecule has 0 N–H and O–H groups in total. The van der Waals surface area contributed by atoms with Gasteiger partial charge in [0.1, 0.15) is 5.75 Å². The van der Waals surface area contributed by atoms with Crippen LogP contribution in [0.3, 0.4) is 0 Å². The summed E-state index contributed by atoms with van der Waals surface area (Å²) < 4.78 is 5.10. The lowest BCUT2D eigenvalue weighted by Gasteiger charge is -2.00. The lowest BCUT2D eigenvalue weighted by atomic mass is 10.1. The van der Waals surface area contributed by atoms with Crippen molar-refractivity contribution in [2.45, 2.75) is 0 Å². The van der Waals surface area contributed by atoms with E-state index >= 15 is 0 Å². The van der Waals surface area contributed by atoms with Gasteiger partial charge >= 0.3 is 0 Å². The van der Waals surface area contributed by atoms with Gasteiger partial charge in [-0.2, -0.15) is 0 Å². The topological polar surface area (TPSA) is 21.6 Å². The SMILES string of the molecule is C=Cc1ccccc1C=Nc1ccc(OC)cc1. The molecule has 18 heavy (non-hydrogen) atoms. The molecule has 0 aromatic heterocycles. The fourth-order valence-corrected chi connectivity index (χ4v) is 1.63. The maximum Gasteiger partial charge on any atom is 0.119 e. The zero-order chi connectivity index (χ0) is 12.8. The minimum atomic E-state index is 0.834. The van der Waals surface area contributed by atoms with Crippen LogP contribution in [0, 0.1) is 0 Å². The zero-order valence-electron chi connectivity index (χ0n) is 10.3. The van der Waals surface area contributed by atoms with E-state index in [0.717, 1.165) is 22.6 Å². The van der Waals surface area contributed by atoms with Crippen LogP contribution in [0.5, 0.6) is 5.75 Å². The molecule has 0 radical (unpaired) electrons. The fraction of sp³-hybridized carbons (Fsp3) is 0.0625. The second-order valence-electron chi connectivity index (χ2n) is 3.79. The molecular weight excluding hydrogens is 222 g/mol. The van der Waals surface area contributed by atoms with E-state index in [0.29, 0.717) is 0 Å². The van der Waals surface area contributed by atoms with E-state index < -0.39 is 0 Å². The molecule has 0 atom stereocenters. The fourth-order valence-electron chi connectivity index (χ4n) is 1.63. The van der Waals surface area contributed by atoms with Gasteiger partial charge in [-0.25, -0.2) is 0 Å². The van der Waals surface area contributed by atoms with E-state index in [1.165, 1.54) is 0 Å². The van der Waals surface area contributed by atoms with Gasteiger partial charge < -0.3 is 4.74 Å². The summed E-state index contributed by atoms with van der Waals surface area (Å²) in [5, 5.41) is 0. The highest BCUT2D eigenvalue weighted by molar-refractivity contribution is 5.86. The average Bonchev–Trinajstić information content (AvgIpc) is 2.46. The van der Waals surface area contributed by atoms with Gasteiger partial charge in [0.25, 0.3) is 0 Å². The molecule has 2 aromatic carbocycles. The van der Waals surface area contributed by atoms with Crippen LogP contribution in [0.4, 0.5) is 5.69 Å². The predicted molar refractivity (Wildman–Crippen MR) is 76.8 cm³/mol. The number of methoxy groups -OCH3 is 1. The molecule has 0 spiro atoms. The Morgan fingerprint density at radius 2 is 1.67 bits per heavy atom. The van der Waals surface area contributed by atoms with E-state index in [2.05, 4.69) is 11.6 Å². The molecule has 0 fully saturated rings. The van der Waals surface area contributed by atoms with Crippen molar-refractivity contribution in [1.29, 1.82) is 0 Å². The van der Waals surface area contributed by atoms with Crippen LogP contribution < -0.4 is 4.74 Å². The Balaban J connectivity index is 2.21. The number of ether oxygens (including phenoxy) is 1. The summed E-state index contributed by atoms with van der Waals surface area (Å²) in [7, 11) is 1.65. The molecule has 2 aromatic rings. The Kier molecular flexibility index (Phi) is 3.92. The van der Waals surface area contributed by atoms with Crippen molar-refractivity contribution in [3.05, 3.63) is 66.2 Å². The van der Waals surface area contributed by atoms with Crippen molar-refractivity contribution in [2.24, 2.45) is 4.99 Å². The zero-order valence-corrected chi connectivity index (χ0v) is 10.3. The van der Waals surface area contributed by atoms with Crippen molar-refractivity contribution in [3.63, 3.8) is 0 Å². The molecule has 0 amide bonds. The van der Waals surface area contributed by atoms with Crippen LogP contribution in [-0.4, -0.2) is 13.3 Å². The first-order valence-corrected chi connectivity index (χ1v) is 5.73. The first kappa shape index (κ1) is 12.1. The third-order valence-electron chi connectivity index (χ3n) is 2.64. The highest BCUT2D eigenvalue weighted by Crippen LogP contribution is 2.18. The first-order chi connectivity index (χ1) is 8.83. The highest BCUT2D eigenvalue weighted by Gasteiger charge is 1.95. The molecule has 0 saturated heterocycles. The molecule has 0 unspecified atom stereocenters. The molecule has 2 rings (SSSR count). The van der Waals surface area contributed by atoms with Crippen LogP contribution >= 0.6 is 0 Å². The summed E-state index contributed by atoms with van der Waals surface area (Å²) in [4.78, 5) is 4.43. The summed E-state index contributed by atoms with van der Waals surface area (Å²) >= 11 is 0. The lowest BCUT2D eigenvalue weighted by Crippen LogP contribution is -1.85. The number of aliphatic imine (C=N–C) groups is 1. The van der Waals surface area contributed by atoms with Crippen molar-refractivity contribution < 1.29 is 4.74 Å². The molecule has 0 heterocycles. The van der Waals surface area contributed by atoms with Crippen molar-refractivity contribution in [3.8, 4) is 5.75 Å². The largest absolute Gasteiger partial charge is 0.497 e. The van der Waals surface area contributed by atoms with Crippen LogP contribution in [0.15, 0.2) is 60.1 Å². The van der Waals surface area contributed by atoms with Crippen molar-refractivity contribution >= 4 is 18.0 Å². The third kappa shape index (κ3) is 2.86. The van der Waals surface area contributed by atoms with Crippen LogP contribution in [0.1, 0.15) is 11.1 Å². The van der Waals surface area contributed by atoms with Gasteiger partial charge in [-0.1, -0.05) is 36.9 Å². The minimum Gasteiger partial charge on any atom is -0.497 e. The average molecular weight is 237 g/mol. The standard InChI is InChI=1S/C16H15NO/c1-3-13-6-4-5-7-14(13)12-17-15-8-10-16(18-2)11-9-15/h3-12H,1H2,2H3. The highest BCUT2D eigenvalue weighted by atomic mass is 16.5. The molecule has 0 aliphatic rings. The van der Waals surface area contributed by atoms with Gasteiger partial charge in [-0.15, -0.1) is 0 Å². The molecule has 0 bridgehead atoms. The van der Waals surface area contributed by atoms with Crippen LogP contribution in [-0.2, 0) is 0 Å². The number of nitrogens with zero attached hydrogens (tertiary/aromatic N) is 1. The van der Waals surface area contributed by atoms with Crippen LogP contribution in [0.2, 0.25) is 0 Å². The van der Waals surface area contributed by atoms with Gasteiger partial charge in [-0.3, -0.25) is 4.99 Å². The second-order valence-corrected chi connectivity index (χ2v) is 3.79.